The maximum Gasteiger partial charge on any atom is 0.211 e. The van der Waals surface area contributed by atoms with E-state index >= 15 is 0 Å². The molecule has 0 aliphatic heterocycles. The van der Waals surface area contributed by atoms with Crippen molar-refractivity contribution in [1.82, 2.24) is 4.72 Å². The highest BCUT2D eigenvalue weighted by Gasteiger charge is 2.20. The standard InChI is InChI=1S/C9H18N2O2S/c1-8(2)5-14(12,13)11-7-9(3,4)6-10/h8,11H,5,7H2,1-4H3. The molecule has 82 valence electrons. The molecule has 0 aromatic carbocycles. The van der Waals surface area contributed by atoms with Crippen LogP contribution < -0.4 is 4.72 Å². The van der Waals surface area contributed by atoms with Gasteiger partial charge in [0.25, 0.3) is 0 Å². The second-order valence-corrected chi connectivity index (χ2v) is 6.34. The van der Waals surface area contributed by atoms with Crippen molar-refractivity contribution < 1.29 is 8.42 Å². The summed E-state index contributed by atoms with van der Waals surface area (Å²) in [6.07, 6.45) is 0. The summed E-state index contributed by atoms with van der Waals surface area (Å²) in [7, 11) is -3.23. The molecule has 0 rings (SSSR count). The third-order valence-corrected chi connectivity index (χ3v) is 3.28. The largest absolute Gasteiger partial charge is 0.214 e. The van der Waals surface area contributed by atoms with Crippen LogP contribution in [0.25, 0.3) is 0 Å². The molecule has 0 fully saturated rings. The van der Waals surface area contributed by atoms with Crippen molar-refractivity contribution >= 4 is 10.0 Å². The molecule has 0 aromatic heterocycles. The van der Waals surface area contributed by atoms with E-state index in [0.29, 0.717) is 0 Å². The van der Waals surface area contributed by atoms with Gasteiger partial charge in [-0.3, -0.25) is 0 Å². The number of sulfonamides is 1. The van der Waals surface area contributed by atoms with Gasteiger partial charge in [-0.25, -0.2) is 13.1 Å². The molecular formula is C9H18N2O2S. The monoisotopic (exact) mass is 218 g/mol. The van der Waals surface area contributed by atoms with E-state index in [2.05, 4.69) is 4.72 Å². The van der Waals surface area contributed by atoms with E-state index in [1.807, 2.05) is 19.9 Å². The van der Waals surface area contributed by atoms with Gasteiger partial charge in [0.15, 0.2) is 0 Å². The van der Waals surface area contributed by atoms with E-state index in [0.717, 1.165) is 0 Å². The number of hydrogen-bond acceptors (Lipinski definition) is 3. The third kappa shape index (κ3) is 5.95. The fourth-order valence-corrected chi connectivity index (χ4v) is 2.40. The molecule has 0 unspecified atom stereocenters. The van der Waals surface area contributed by atoms with Gasteiger partial charge in [-0.1, -0.05) is 13.8 Å². The van der Waals surface area contributed by atoms with Crippen LogP contribution in [-0.2, 0) is 10.0 Å². The highest BCUT2D eigenvalue weighted by molar-refractivity contribution is 7.89. The minimum atomic E-state index is -3.23. The molecule has 0 spiro atoms. The predicted molar refractivity (Wildman–Crippen MR) is 56.0 cm³/mol. The average molecular weight is 218 g/mol. The van der Waals surface area contributed by atoms with Crippen molar-refractivity contribution in [3.63, 3.8) is 0 Å². The first-order chi connectivity index (χ1) is 6.18. The first-order valence-corrected chi connectivity index (χ1v) is 6.22. The first kappa shape index (κ1) is 13.4. The van der Waals surface area contributed by atoms with Crippen molar-refractivity contribution in [2.24, 2.45) is 11.3 Å². The Hall–Kier alpha value is -0.600. The first-order valence-electron chi connectivity index (χ1n) is 4.57. The Morgan fingerprint density at radius 1 is 1.43 bits per heavy atom. The number of rotatable bonds is 5. The van der Waals surface area contributed by atoms with Crippen molar-refractivity contribution in [1.29, 1.82) is 5.26 Å². The normalized spacial score (nSPS) is 12.9. The zero-order chi connectivity index (χ0) is 11.4. The van der Waals surface area contributed by atoms with Crippen molar-refractivity contribution in [3.05, 3.63) is 0 Å². The van der Waals surface area contributed by atoms with Crippen LogP contribution in [0.5, 0.6) is 0 Å². The van der Waals surface area contributed by atoms with Crippen LogP contribution in [0.4, 0.5) is 0 Å². The lowest BCUT2D eigenvalue weighted by molar-refractivity contribution is 0.476. The molecular weight excluding hydrogens is 200 g/mol. The fraction of sp³-hybridized carbons (Fsp3) is 0.889. The number of hydrogen-bond donors (Lipinski definition) is 1. The van der Waals surface area contributed by atoms with Crippen molar-refractivity contribution in [2.75, 3.05) is 12.3 Å². The zero-order valence-corrected chi connectivity index (χ0v) is 9.98. The van der Waals surface area contributed by atoms with Gasteiger partial charge in [0.05, 0.1) is 17.2 Å². The van der Waals surface area contributed by atoms with Crippen molar-refractivity contribution in [2.45, 2.75) is 27.7 Å². The Labute approximate surface area is 86.4 Å². The smallest absolute Gasteiger partial charge is 0.211 e. The molecule has 0 bridgehead atoms. The average Bonchev–Trinajstić information content (AvgIpc) is 1.99. The summed E-state index contributed by atoms with van der Waals surface area (Å²) < 4.78 is 25.2. The quantitative estimate of drug-likeness (QED) is 0.751. The SMILES string of the molecule is CC(C)CS(=O)(=O)NCC(C)(C)C#N. The lowest BCUT2D eigenvalue weighted by atomic mass is 9.97. The van der Waals surface area contributed by atoms with E-state index in [1.165, 1.54) is 0 Å². The molecule has 1 N–H and O–H groups in total. The molecule has 0 aliphatic rings. The van der Waals surface area contributed by atoms with Crippen LogP contribution in [0, 0.1) is 22.7 Å². The summed E-state index contributed by atoms with van der Waals surface area (Å²) in [4.78, 5) is 0. The summed E-state index contributed by atoms with van der Waals surface area (Å²) >= 11 is 0. The highest BCUT2D eigenvalue weighted by atomic mass is 32.2. The summed E-state index contributed by atoms with van der Waals surface area (Å²) in [5, 5.41) is 8.69. The molecule has 0 aromatic rings. The summed E-state index contributed by atoms with van der Waals surface area (Å²) in [5.74, 6) is 0.201. The molecule has 0 heterocycles. The number of nitriles is 1. The number of nitrogens with one attached hydrogen (secondary N) is 1. The summed E-state index contributed by atoms with van der Waals surface area (Å²) in [6.45, 7) is 7.25. The second-order valence-electron chi connectivity index (χ2n) is 4.49. The predicted octanol–water partition coefficient (Wildman–Crippen LogP) is 1.11. The van der Waals surface area contributed by atoms with Gasteiger partial charge in [-0.05, 0) is 19.8 Å². The van der Waals surface area contributed by atoms with E-state index in [1.54, 1.807) is 13.8 Å². The third-order valence-electron chi connectivity index (χ3n) is 1.59. The molecule has 5 heteroatoms. The lowest BCUT2D eigenvalue weighted by Crippen LogP contribution is -2.35. The van der Waals surface area contributed by atoms with Crippen LogP contribution in [0.2, 0.25) is 0 Å². The zero-order valence-electron chi connectivity index (χ0n) is 9.16. The van der Waals surface area contributed by atoms with Crippen LogP contribution in [0.3, 0.4) is 0 Å². The maximum atomic E-state index is 11.4. The summed E-state index contributed by atoms with van der Waals surface area (Å²) in [5.41, 5.74) is -0.649. The van der Waals surface area contributed by atoms with Gasteiger partial charge in [0, 0.05) is 6.54 Å². The van der Waals surface area contributed by atoms with Gasteiger partial charge in [-0.2, -0.15) is 5.26 Å². The lowest BCUT2D eigenvalue weighted by Gasteiger charge is -2.16. The molecule has 0 saturated heterocycles. The van der Waals surface area contributed by atoms with Crippen molar-refractivity contribution in [3.8, 4) is 6.07 Å². The molecule has 4 nitrogen and oxygen atoms in total. The topological polar surface area (TPSA) is 70.0 Å². The Kier molecular flexibility index (Phi) is 4.56. The van der Waals surface area contributed by atoms with E-state index in [4.69, 9.17) is 5.26 Å². The minimum absolute atomic E-state index is 0.0951. The van der Waals surface area contributed by atoms with E-state index in [-0.39, 0.29) is 18.2 Å². The summed E-state index contributed by atoms with van der Waals surface area (Å²) in [6, 6.07) is 2.04. The van der Waals surface area contributed by atoms with Crippen LogP contribution in [0.1, 0.15) is 27.7 Å². The fourth-order valence-electron chi connectivity index (χ4n) is 0.828. The Balaban J connectivity index is 4.22. The van der Waals surface area contributed by atoms with Gasteiger partial charge >= 0.3 is 0 Å². The maximum absolute atomic E-state index is 11.4. The molecule has 0 amide bonds. The van der Waals surface area contributed by atoms with Crippen LogP contribution in [-0.4, -0.2) is 20.7 Å². The van der Waals surface area contributed by atoms with E-state index < -0.39 is 15.4 Å². The van der Waals surface area contributed by atoms with Gasteiger partial charge in [0.1, 0.15) is 0 Å². The van der Waals surface area contributed by atoms with Crippen LogP contribution in [0.15, 0.2) is 0 Å². The minimum Gasteiger partial charge on any atom is -0.214 e. The van der Waals surface area contributed by atoms with Crippen LogP contribution >= 0.6 is 0 Å². The highest BCUT2D eigenvalue weighted by Crippen LogP contribution is 2.11. The van der Waals surface area contributed by atoms with Gasteiger partial charge in [0.2, 0.25) is 10.0 Å². The second kappa shape index (κ2) is 4.76. The Morgan fingerprint density at radius 3 is 2.29 bits per heavy atom. The van der Waals surface area contributed by atoms with Gasteiger partial charge < -0.3 is 0 Å². The molecule has 0 atom stereocenters. The molecule has 0 aliphatic carbocycles. The number of nitrogens with zero attached hydrogens (tertiary/aromatic N) is 1. The van der Waals surface area contributed by atoms with Gasteiger partial charge in [-0.15, -0.1) is 0 Å². The Bertz CT molecular complexity index is 312. The molecule has 14 heavy (non-hydrogen) atoms. The molecule has 0 radical (unpaired) electrons. The molecule has 0 saturated carbocycles. The van der Waals surface area contributed by atoms with E-state index in [9.17, 15) is 8.42 Å². The Morgan fingerprint density at radius 2 is 1.93 bits per heavy atom.